The molecule has 8 heteroatoms. The van der Waals surface area contributed by atoms with E-state index in [-0.39, 0.29) is 16.7 Å². The van der Waals surface area contributed by atoms with E-state index in [1.807, 2.05) is 0 Å². The third-order valence-electron chi connectivity index (χ3n) is 1.08. The molecule has 72 valence electrons. The number of thiocarbonyl (C=S) groups is 1. The molecule has 6 nitrogen and oxygen atoms in total. The molecule has 0 bridgehead atoms. The van der Waals surface area contributed by atoms with Crippen LogP contribution in [0.5, 0.6) is 0 Å². The Morgan fingerprint density at radius 2 is 2.46 bits per heavy atom. The second-order valence-electron chi connectivity index (χ2n) is 2.27. The van der Waals surface area contributed by atoms with Gasteiger partial charge in [0.25, 0.3) is 0 Å². The molecule has 1 rings (SSSR count). The zero-order valence-corrected chi connectivity index (χ0v) is 8.15. The smallest absolute Gasteiger partial charge is 0.241 e. The number of anilines is 1. The maximum atomic E-state index is 11.2. The molecule has 0 fully saturated rings. The quantitative estimate of drug-likeness (QED) is 0.590. The molecule has 1 aromatic heterocycles. The second-order valence-corrected chi connectivity index (χ2v) is 4.51. The number of aromatic amines is 1. The van der Waals surface area contributed by atoms with E-state index in [9.17, 15) is 8.42 Å². The molecule has 0 atom stereocenters. The highest BCUT2D eigenvalue weighted by atomic mass is 32.2. The van der Waals surface area contributed by atoms with Crippen molar-refractivity contribution in [3.8, 4) is 0 Å². The predicted octanol–water partition coefficient (Wildman–Crippen LogP) is -0.563. The maximum Gasteiger partial charge on any atom is 0.241 e. The summed E-state index contributed by atoms with van der Waals surface area (Å²) in [4.78, 5) is 6.18. The minimum Gasteiger partial charge on any atom is -0.392 e. The van der Waals surface area contributed by atoms with Crippen LogP contribution in [0, 0.1) is 0 Å². The number of aromatic nitrogens is 2. The number of hydrogen-bond acceptors (Lipinski definition) is 4. The summed E-state index contributed by atoms with van der Waals surface area (Å²) < 4.78 is 24.5. The van der Waals surface area contributed by atoms with Crippen LogP contribution in [0.1, 0.15) is 0 Å². The fourth-order valence-electron chi connectivity index (χ4n) is 0.692. The van der Waals surface area contributed by atoms with Gasteiger partial charge in [0.1, 0.15) is 5.75 Å². The van der Waals surface area contributed by atoms with Gasteiger partial charge in [-0.25, -0.2) is 13.4 Å². The van der Waals surface area contributed by atoms with Crippen molar-refractivity contribution >= 4 is 33.2 Å². The van der Waals surface area contributed by atoms with E-state index in [1.54, 1.807) is 0 Å². The van der Waals surface area contributed by atoms with Gasteiger partial charge in [-0.2, -0.15) is 0 Å². The lowest BCUT2D eigenvalue weighted by Crippen LogP contribution is -2.26. The largest absolute Gasteiger partial charge is 0.392 e. The molecule has 0 aliphatic heterocycles. The molecule has 0 saturated carbocycles. The maximum absolute atomic E-state index is 11.2. The number of hydrogen-bond donors (Lipinski definition) is 3. The van der Waals surface area contributed by atoms with Gasteiger partial charge in [-0.3, -0.25) is 4.72 Å². The molecule has 4 N–H and O–H groups in total. The summed E-state index contributed by atoms with van der Waals surface area (Å²) in [5.41, 5.74) is 5.09. The first-order valence-corrected chi connectivity index (χ1v) is 5.34. The van der Waals surface area contributed by atoms with Crippen LogP contribution in [0.2, 0.25) is 0 Å². The number of H-pyrrole nitrogens is 1. The van der Waals surface area contributed by atoms with Gasteiger partial charge >= 0.3 is 0 Å². The number of imidazole rings is 1. The second kappa shape index (κ2) is 3.71. The third-order valence-corrected chi connectivity index (χ3v) is 2.61. The molecular formula is C5H8N4O2S2. The first kappa shape index (κ1) is 9.93. The molecule has 0 aliphatic rings. The Morgan fingerprint density at radius 3 is 2.92 bits per heavy atom. The molecule has 0 aromatic carbocycles. The van der Waals surface area contributed by atoms with Crippen molar-refractivity contribution in [3.63, 3.8) is 0 Å². The van der Waals surface area contributed by atoms with Gasteiger partial charge < -0.3 is 10.7 Å². The SMILES string of the molecule is NC(=S)CS(=O)(=O)Nc1ncc[nH]1. The molecule has 0 radical (unpaired) electrons. The topological polar surface area (TPSA) is 101 Å². The van der Waals surface area contributed by atoms with Crippen molar-refractivity contribution < 1.29 is 8.42 Å². The molecule has 1 heterocycles. The predicted molar refractivity (Wildman–Crippen MR) is 52.8 cm³/mol. The molecule has 13 heavy (non-hydrogen) atoms. The molecule has 0 saturated heterocycles. The van der Waals surface area contributed by atoms with Crippen LogP contribution >= 0.6 is 12.2 Å². The normalized spacial score (nSPS) is 11.1. The van der Waals surface area contributed by atoms with Crippen LogP contribution in [-0.2, 0) is 10.0 Å². The van der Waals surface area contributed by atoms with Gasteiger partial charge in [0.15, 0.2) is 0 Å². The third kappa shape index (κ3) is 3.38. The van der Waals surface area contributed by atoms with Crippen LogP contribution < -0.4 is 10.5 Å². The highest BCUT2D eigenvalue weighted by Crippen LogP contribution is 1.99. The van der Waals surface area contributed by atoms with Gasteiger partial charge in [-0.05, 0) is 0 Å². The number of nitrogens with zero attached hydrogens (tertiary/aromatic N) is 1. The fraction of sp³-hybridized carbons (Fsp3) is 0.200. The first-order chi connectivity index (χ1) is 5.99. The molecule has 0 unspecified atom stereocenters. The van der Waals surface area contributed by atoms with Crippen LogP contribution in [0.3, 0.4) is 0 Å². The van der Waals surface area contributed by atoms with E-state index in [0.29, 0.717) is 0 Å². The Hall–Kier alpha value is -1.15. The summed E-state index contributed by atoms with van der Waals surface area (Å²) in [5.74, 6) is -0.237. The van der Waals surface area contributed by atoms with Crippen molar-refractivity contribution in [1.82, 2.24) is 9.97 Å². The molecule has 1 aromatic rings. The first-order valence-electron chi connectivity index (χ1n) is 3.28. The zero-order valence-electron chi connectivity index (χ0n) is 6.52. The Morgan fingerprint density at radius 1 is 1.77 bits per heavy atom. The van der Waals surface area contributed by atoms with Gasteiger partial charge in [0.2, 0.25) is 16.0 Å². The summed E-state index contributed by atoms with van der Waals surface area (Å²) in [6.45, 7) is 0. The number of sulfonamides is 1. The zero-order chi connectivity index (χ0) is 9.90. The molecule has 0 spiro atoms. The Bertz CT molecular complexity index is 383. The molecule has 0 aliphatic carbocycles. The van der Waals surface area contributed by atoms with Crippen molar-refractivity contribution in [2.24, 2.45) is 5.73 Å². The van der Waals surface area contributed by atoms with Crippen LogP contribution in [0.4, 0.5) is 5.95 Å². The van der Waals surface area contributed by atoms with Crippen LogP contribution in [0.15, 0.2) is 12.4 Å². The summed E-state index contributed by atoms with van der Waals surface area (Å²) in [7, 11) is -3.51. The van der Waals surface area contributed by atoms with E-state index in [4.69, 9.17) is 5.73 Å². The minimum atomic E-state index is -3.51. The molecular weight excluding hydrogens is 212 g/mol. The van der Waals surface area contributed by atoms with Gasteiger partial charge in [-0.1, -0.05) is 12.2 Å². The Labute approximate surface area is 80.6 Å². The molecule has 0 amide bonds. The van der Waals surface area contributed by atoms with Crippen molar-refractivity contribution in [3.05, 3.63) is 12.4 Å². The summed E-state index contributed by atoms with van der Waals surface area (Å²) in [5, 5.41) is 0. The van der Waals surface area contributed by atoms with E-state index in [2.05, 4.69) is 26.9 Å². The standard InChI is InChI=1S/C5H8N4O2S2/c6-4(12)3-13(10,11)9-5-7-1-2-8-5/h1-2H,3H2,(H2,6,12)(H2,7,8,9). The van der Waals surface area contributed by atoms with Crippen molar-refractivity contribution in [1.29, 1.82) is 0 Å². The Kier molecular flexibility index (Phi) is 2.83. The highest BCUT2D eigenvalue weighted by molar-refractivity contribution is 7.95. The minimum absolute atomic E-state index is 0.0842. The number of nitrogens with two attached hydrogens (primary N) is 1. The monoisotopic (exact) mass is 220 g/mol. The van der Waals surface area contributed by atoms with Crippen molar-refractivity contribution in [2.75, 3.05) is 10.5 Å². The number of nitrogens with one attached hydrogen (secondary N) is 2. The average molecular weight is 220 g/mol. The number of rotatable bonds is 4. The van der Waals surface area contributed by atoms with Gasteiger partial charge in [-0.15, -0.1) is 0 Å². The summed E-state index contributed by atoms with van der Waals surface area (Å²) in [6.07, 6.45) is 2.93. The lowest BCUT2D eigenvalue weighted by Gasteiger charge is -2.02. The lowest BCUT2D eigenvalue weighted by atomic mass is 10.8. The van der Waals surface area contributed by atoms with Gasteiger partial charge in [0.05, 0.1) is 4.99 Å². The van der Waals surface area contributed by atoms with Crippen molar-refractivity contribution in [2.45, 2.75) is 0 Å². The van der Waals surface area contributed by atoms with Crippen LogP contribution in [0.25, 0.3) is 0 Å². The Balaban J connectivity index is 2.68. The summed E-state index contributed by atoms with van der Waals surface area (Å²) in [6, 6.07) is 0. The van der Waals surface area contributed by atoms with Crippen LogP contribution in [-0.4, -0.2) is 29.1 Å². The van der Waals surface area contributed by atoms with Gasteiger partial charge in [0, 0.05) is 12.4 Å². The highest BCUT2D eigenvalue weighted by Gasteiger charge is 2.12. The lowest BCUT2D eigenvalue weighted by molar-refractivity contribution is 0.604. The van der Waals surface area contributed by atoms with E-state index in [1.165, 1.54) is 12.4 Å². The van der Waals surface area contributed by atoms with E-state index < -0.39 is 10.0 Å². The van der Waals surface area contributed by atoms with E-state index >= 15 is 0 Å². The fourth-order valence-corrected chi connectivity index (χ4v) is 2.01. The summed E-state index contributed by atoms with van der Waals surface area (Å²) >= 11 is 4.47. The van der Waals surface area contributed by atoms with E-state index in [0.717, 1.165) is 0 Å². The average Bonchev–Trinajstić information content (AvgIpc) is 2.34.